The van der Waals surface area contributed by atoms with Gasteiger partial charge in [0.15, 0.2) is 0 Å². The van der Waals surface area contributed by atoms with E-state index < -0.39 is 11.8 Å². The molecule has 6 nitrogen and oxygen atoms in total. The van der Waals surface area contributed by atoms with Crippen molar-refractivity contribution in [1.29, 1.82) is 0 Å². The Balaban J connectivity index is 1.70. The number of aryl methyl sites for hydroxylation is 2. The normalized spacial score (nSPS) is 10.6. The van der Waals surface area contributed by atoms with Crippen LogP contribution in [0.5, 0.6) is 0 Å². The smallest absolute Gasteiger partial charge is 0.313 e. The standard InChI is InChI=1S/C17H16N4O2S/c1-10-6-7-12-4-3-5-14(15(12)19-10)21-17(23)16(22)18-8-13-9-24-11(2)20-13/h3-7,9H,8H2,1-2H3,(H,18,22)(H,21,23). The number of nitrogens with zero attached hydrogens (tertiary/aromatic N) is 2. The number of hydrogen-bond donors (Lipinski definition) is 2. The van der Waals surface area contributed by atoms with E-state index in [4.69, 9.17) is 0 Å². The molecule has 3 aromatic rings. The number of hydrogen-bond acceptors (Lipinski definition) is 5. The van der Waals surface area contributed by atoms with E-state index in [1.54, 1.807) is 6.07 Å². The van der Waals surface area contributed by atoms with E-state index in [0.717, 1.165) is 21.8 Å². The van der Waals surface area contributed by atoms with Gasteiger partial charge in [-0.15, -0.1) is 11.3 Å². The van der Waals surface area contributed by atoms with Crippen LogP contribution in [0.25, 0.3) is 10.9 Å². The van der Waals surface area contributed by atoms with Gasteiger partial charge in [-0.1, -0.05) is 18.2 Å². The van der Waals surface area contributed by atoms with Crippen molar-refractivity contribution >= 4 is 39.7 Å². The topological polar surface area (TPSA) is 84.0 Å². The molecule has 3 rings (SSSR count). The van der Waals surface area contributed by atoms with Gasteiger partial charge in [0.1, 0.15) is 0 Å². The van der Waals surface area contributed by atoms with Gasteiger partial charge in [0.05, 0.1) is 28.5 Å². The number of carbonyl (C=O) groups excluding carboxylic acids is 2. The van der Waals surface area contributed by atoms with Crippen LogP contribution in [-0.4, -0.2) is 21.8 Å². The van der Waals surface area contributed by atoms with E-state index in [1.165, 1.54) is 11.3 Å². The minimum Gasteiger partial charge on any atom is -0.342 e. The van der Waals surface area contributed by atoms with Crippen molar-refractivity contribution < 1.29 is 9.59 Å². The van der Waals surface area contributed by atoms with E-state index in [2.05, 4.69) is 20.6 Å². The molecule has 7 heteroatoms. The fourth-order valence-corrected chi connectivity index (χ4v) is 2.88. The lowest BCUT2D eigenvalue weighted by Gasteiger charge is -2.08. The molecule has 1 aromatic carbocycles. The van der Waals surface area contributed by atoms with Crippen LogP contribution in [0.3, 0.4) is 0 Å². The van der Waals surface area contributed by atoms with Gasteiger partial charge < -0.3 is 10.6 Å². The molecule has 0 bridgehead atoms. The molecule has 0 aliphatic rings. The van der Waals surface area contributed by atoms with Gasteiger partial charge in [-0.3, -0.25) is 14.6 Å². The summed E-state index contributed by atoms with van der Waals surface area (Å²) >= 11 is 1.50. The fourth-order valence-electron chi connectivity index (χ4n) is 2.27. The van der Waals surface area contributed by atoms with Crippen LogP contribution >= 0.6 is 11.3 Å². The molecule has 122 valence electrons. The predicted molar refractivity (Wildman–Crippen MR) is 93.8 cm³/mol. The molecule has 2 amide bonds. The molecule has 0 aliphatic carbocycles. The molecule has 0 fully saturated rings. The van der Waals surface area contributed by atoms with Gasteiger partial charge >= 0.3 is 11.8 Å². The van der Waals surface area contributed by atoms with Crippen molar-refractivity contribution in [2.75, 3.05) is 5.32 Å². The SMILES string of the molecule is Cc1ccc2cccc(NC(=O)C(=O)NCc3csc(C)n3)c2n1. The summed E-state index contributed by atoms with van der Waals surface area (Å²) < 4.78 is 0. The highest BCUT2D eigenvalue weighted by Crippen LogP contribution is 2.21. The number of fused-ring (bicyclic) bond motifs is 1. The lowest BCUT2D eigenvalue weighted by atomic mass is 10.1. The summed E-state index contributed by atoms with van der Waals surface area (Å²) in [7, 11) is 0. The molecule has 2 heterocycles. The molecule has 0 spiro atoms. The Bertz CT molecular complexity index is 920. The van der Waals surface area contributed by atoms with Gasteiger partial charge in [0, 0.05) is 16.5 Å². The number of anilines is 1. The minimum atomic E-state index is -0.724. The van der Waals surface area contributed by atoms with E-state index in [-0.39, 0.29) is 6.54 Å². The van der Waals surface area contributed by atoms with Gasteiger partial charge in [0.2, 0.25) is 0 Å². The van der Waals surface area contributed by atoms with Crippen molar-refractivity contribution in [3.05, 3.63) is 52.1 Å². The summed E-state index contributed by atoms with van der Waals surface area (Å²) in [5, 5.41) is 8.86. The van der Waals surface area contributed by atoms with Gasteiger partial charge in [-0.05, 0) is 26.0 Å². The molecule has 2 N–H and O–H groups in total. The summed E-state index contributed by atoms with van der Waals surface area (Å²) in [6.45, 7) is 3.99. The Labute approximate surface area is 142 Å². The number of rotatable bonds is 3. The maximum Gasteiger partial charge on any atom is 0.313 e. The Morgan fingerprint density at radius 1 is 1.08 bits per heavy atom. The molecule has 0 atom stereocenters. The zero-order chi connectivity index (χ0) is 17.1. The van der Waals surface area contributed by atoms with Crippen LogP contribution in [0.15, 0.2) is 35.7 Å². The number of benzene rings is 1. The zero-order valence-corrected chi connectivity index (χ0v) is 14.1. The van der Waals surface area contributed by atoms with Crippen LogP contribution in [0.2, 0.25) is 0 Å². The van der Waals surface area contributed by atoms with Crippen molar-refractivity contribution in [1.82, 2.24) is 15.3 Å². The second kappa shape index (κ2) is 6.76. The molecule has 0 unspecified atom stereocenters. The number of carbonyl (C=O) groups is 2. The Morgan fingerprint density at radius 2 is 1.92 bits per heavy atom. The maximum atomic E-state index is 12.1. The number of amides is 2. The highest BCUT2D eigenvalue weighted by Gasteiger charge is 2.15. The quantitative estimate of drug-likeness (QED) is 0.718. The summed E-state index contributed by atoms with van der Waals surface area (Å²) in [4.78, 5) is 32.7. The fraction of sp³-hybridized carbons (Fsp3) is 0.176. The van der Waals surface area contributed by atoms with Gasteiger partial charge in [0.25, 0.3) is 0 Å². The number of thiazole rings is 1. The lowest BCUT2D eigenvalue weighted by molar-refractivity contribution is -0.136. The van der Waals surface area contributed by atoms with E-state index >= 15 is 0 Å². The average Bonchev–Trinajstić information content (AvgIpc) is 2.98. The van der Waals surface area contributed by atoms with Gasteiger partial charge in [-0.25, -0.2) is 4.98 Å². The second-order valence-corrected chi connectivity index (χ2v) is 6.39. The third kappa shape index (κ3) is 3.57. The molecule has 24 heavy (non-hydrogen) atoms. The molecular formula is C17H16N4O2S. The van der Waals surface area contributed by atoms with Crippen LogP contribution in [0.1, 0.15) is 16.4 Å². The molecule has 0 saturated heterocycles. The first-order chi connectivity index (χ1) is 11.5. The number of aromatic nitrogens is 2. The average molecular weight is 340 g/mol. The molecule has 0 saturated carbocycles. The first kappa shape index (κ1) is 16.1. The first-order valence-electron chi connectivity index (χ1n) is 7.39. The van der Waals surface area contributed by atoms with Crippen LogP contribution < -0.4 is 10.6 Å². The van der Waals surface area contributed by atoms with Gasteiger partial charge in [-0.2, -0.15) is 0 Å². The van der Waals surface area contributed by atoms with Crippen LogP contribution in [0.4, 0.5) is 5.69 Å². The van der Waals surface area contributed by atoms with Crippen molar-refractivity contribution in [2.45, 2.75) is 20.4 Å². The van der Waals surface area contributed by atoms with Crippen molar-refractivity contribution in [3.63, 3.8) is 0 Å². The third-order valence-electron chi connectivity index (χ3n) is 3.41. The van der Waals surface area contributed by atoms with Crippen LogP contribution in [0, 0.1) is 13.8 Å². The molecular weight excluding hydrogens is 324 g/mol. The highest BCUT2D eigenvalue weighted by molar-refractivity contribution is 7.09. The summed E-state index contributed by atoms with van der Waals surface area (Å²) in [6, 6.07) is 9.27. The number of para-hydroxylation sites is 1. The predicted octanol–water partition coefficient (Wildman–Crippen LogP) is 2.56. The largest absolute Gasteiger partial charge is 0.342 e. The summed E-state index contributed by atoms with van der Waals surface area (Å²) in [5.41, 5.74) is 2.75. The van der Waals surface area contributed by atoms with Crippen molar-refractivity contribution in [3.8, 4) is 0 Å². The number of pyridine rings is 1. The highest BCUT2D eigenvalue weighted by atomic mass is 32.1. The monoisotopic (exact) mass is 340 g/mol. The number of nitrogens with one attached hydrogen (secondary N) is 2. The zero-order valence-electron chi connectivity index (χ0n) is 13.3. The third-order valence-corrected chi connectivity index (χ3v) is 4.23. The second-order valence-electron chi connectivity index (χ2n) is 5.32. The minimum absolute atomic E-state index is 0.226. The molecule has 0 radical (unpaired) electrons. The lowest BCUT2D eigenvalue weighted by Crippen LogP contribution is -2.35. The van der Waals surface area contributed by atoms with Crippen LogP contribution in [-0.2, 0) is 16.1 Å². The first-order valence-corrected chi connectivity index (χ1v) is 8.27. The summed E-state index contributed by atoms with van der Waals surface area (Å²) in [5.74, 6) is -1.43. The van der Waals surface area contributed by atoms with Crippen molar-refractivity contribution in [2.24, 2.45) is 0 Å². The molecule has 0 aliphatic heterocycles. The Kier molecular flexibility index (Phi) is 4.52. The molecule has 2 aromatic heterocycles. The maximum absolute atomic E-state index is 12.1. The van der Waals surface area contributed by atoms with E-state index in [1.807, 2.05) is 43.5 Å². The Hall–Kier alpha value is -2.80. The van der Waals surface area contributed by atoms with E-state index in [0.29, 0.717) is 11.2 Å². The summed E-state index contributed by atoms with van der Waals surface area (Å²) in [6.07, 6.45) is 0. The Morgan fingerprint density at radius 3 is 2.67 bits per heavy atom. The van der Waals surface area contributed by atoms with E-state index in [9.17, 15) is 9.59 Å².